The Kier molecular flexibility index (Phi) is 4.61. The Hall–Kier alpha value is -0.790. The summed E-state index contributed by atoms with van der Waals surface area (Å²) in [5, 5.41) is 6.63. The summed E-state index contributed by atoms with van der Waals surface area (Å²) >= 11 is 17.7. The molecule has 9 heteroatoms. The Morgan fingerprint density at radius 2 is 1.85 bits per heavy atom. The molecule has 1 N–H and O–H groups in total. The van der Waals surface area contributed by atoms with E-state index in [0.717, 1.165) is 9.87 Å². The molecule has 0 aliphatic rings. The van der Waals surface area contributed by atoms with Crippen LogP contribution in [-0.2, 0) is 16.6 Å². The lowest BCUT2D eigenvalue weighted by Crippen LogP contribution is -2.26. The average Bonchev–Trinajstić information content (AvgIpc) is 2.79. The van der Waals surface area contributed by atoms with Gasteiger partial charge in [0.2, 0.25) is 10.0 Å². The molecule has 0 fully saturated rings. The van der Waals surface area contributed by atoms with Crippen LogP contribution in [0.15, 0.2) is 29.4 Å². The highest BCUT2D eigenvalue weighted by Crippen LogP contribution is 2.34. The molecule has 0 saturated carbocycles. The number of aromatic amines is 1. The Morgan fingerprint density at radius 1 is 1.25 bits per heavy atom. The van der Waals surface area contributed by atoms with Crippen molar-refractivity contribution in [3.8, 4) is 0 Å². The summed E-state index contributed by atoms with van der Waals surface area (Å²) in [6.07, 6.45) is 3.15. The van der Waals surface area contributed by atoms with Gasteiger partial charge in [0.05, 0.1) is 16.2 Å². The van der Waals surface area contributed by atoms with E-state index >= 15 is 0 Å². The van der Waals surface area contributed by atoms with Gasteiger partial charge in [0.25, 0.3) is 0 Å². The fraction of sp³-hybridized carbons (Fsp3) is 0.182. The van der Waals surface area contributed by atoms with Gasteiger partial charge in [-0.05, 0) is 12.1 Å². The molecular weight excluding hydrogens is 345 g/mol. The summed E-state index contributed by atoms with van der Waals surface area (Å²) in [5.74, 6) is 0. The largest absolute Gasteiger partial charge is 0.285 e. The van der Waals surface area contributed by atoms with E-state index in [4.69, 9.17) is 34.8 Å². The van der Waals surface area contributed by atoms with Crippen LogP contribution < -0.4 is 0 Å². The Labute approximate surface area is 131 Å². The van der Waals surface area contributed by atoms with Crippen LogP contribution in [0.3, 0.4) is 0 Å². The van der Waals surface area contributed by atoms with Gasteiger partial charge in [0.1, 0.15) is 4.90 Å². The first-order valence-corrected chi connectivity index (χ1v) is 7.98. The van der Waals surface area contributed by atoms with E-state index in [9.17, 15) is 8.42 Å². The topological polar surface area (TPSA) is 66.1 Å². The highest BCUT2D eigenvalue weighted by atomic mass is 35.5. The van der Waals surface area contributed by atoms with E-state index in [0.29, 0.717) is 0 Å². The lowest BCUT2D eigenvalue weighted by Gasteiger charge is -2.18. The molecule has 5 nitrogen and oxygen atoms in total. The SMILES string of the molecule is CN(Cc1cn[nH]c1)S(=O)(=O)c1c(Cl)cc(Cl)cc1Cl. The van der Waals surface area contributed by atoms with Crippen LogP contribution in [0.2, 0.25) is 15.1 Å². The maximum absolute atomic E-state index is 12.5. The van der Waals surface area contributed by atoms with Crippen LogP contribution in [0.1, 0.15) is 5.56 Å². The molecule has 20 heavy (non-hydrogen) atoms. The van der Waals surface area contributed by atoms with Crippen molar-refractivity contribution in [3.63, 3.8) is 0 Å². The zero-order valence-electron chi connectivity index (χ0n) is 10.3. The van der Waals surface area contributed by atoms with Gasteiger partial charge in [-0.3, -0.25) is 5.10 Å². The van der Waals surface area contributed by atoms with Crippen LogP contribution in [0.4, 0.5) is 0 Å². The van der Waals surface area contributed by atoms with Gasteiger partial charge in [-0.2, -0.15) is 9.40 Å². The van der Waals surface area contributed by atoms with Crippen molar-refractivity contribution in [2.75, 3.05) is 7.05 Å². The van der Waals surface area contributed by atoms with Crippen molar-refractivity contribution in [2.24, 2.45) is 0 Å². The van der Waals surface area contributed by atoms with Crippen molar-refractivity contribution in [1.29, 1.82) is 0 Å². The molecule has 108 valence electrons. The second kappa shape index (κ2) is 5.91. The standard InChI is InChI=1S/C11H10Cl3N3O2S/c1-17(6-7-4-15-16-5-7)20(18,19)11-9(13)2-8(12)3-10(11)14/h2-5H,6H2,1H3,(H,15,16). The number of hydrogen-bond acceptors (Lipinski definition) is 3. The summed E-state index contributed by atoms with van der Waals surface area (Å²) in [6, 6.07) is 2.68. The summed E-state index contributed by atoms with van der Waals surface area (Å²) in [6.45, 7) is 0.147. The molecule has 1 aromatic heterocycles. The minimum absolute atomic E-state index is 0.0125. The number of nitrogens with one attached hydrogen (secondary N) is 1. The number of halogens is 3. The number of rotatable bonds is 4. The van der Waals surface area contributed by atoms with Crippen LogP contribution in [0.5, 0.6) is 0 Å². The van der Waals surface area contributed by atoms with Gasteiger partial charge in [-0.1, -0.05) is 34.8 Å². The maximum Gasteiger partial charge on any atom is 0.246 e. The molecule has 2 aromatic rings. The van der Waals surface area contributed by atoms with Gasteiger partial charge >= 0.3 is 0 Å². The van der Waals surface area contributed by atoms with Crippen LogP contribution in [0, 0.1) is 0 Å². The first kappa shape index (κ1) is 15.6. The van der Waals surface area contributed by atoms with Gasteiger partial charge in [0, 0.05) is 30.4 Å². The molecule has 0 unspecified atom stereocenters. The molecule has 0 aliphatic carbocycles. The molecule has 0 amide bonds. The fourth-order valence-corrected chi connectivity index (χ4v) is 4.28. The van der Waals surface area contributed by atoms with Crippen LogP contribution in [0.25, 0.3) is 0 Å². The smallest absolute Gasteiger partial charge is 0.246 e. The van der Waals surface area contributed by atoms with Gasteiger partial charge in [0.15, 0.2) is 0 Å². The third-order valence-corrected chi connectivity index (χ3v) is 5.54. The van der Waals surface area contributed by atoms with E-state index in [1.54, 1.807) is 6.20 Å². The monoisotopic (exact) mass is 353 g/mol. The Balaban J connectivity index is 2.40. The lowest BCUT2D eigenvalue weighted by atomic mass is 10.4. The second-order valence-corrected chi connectivity index (χ2v) is 7.30. The molecular formula is C11H10Cl3N3O2S. The van der Waals surface area contributed by atoms with Crippen molar-refractivity contribution in [3.05, 3.63) is 45.2 Å². The third-order valence-electron chi connectivity index (χ3n) is 2.59. The first-order chi connectivity index (χ1) is 9.32. The van der Waals surface area contributed by atoms with Crippen molar-refractivity contribution in [2.45, 2.75) is 11.4 Å². The zero-order chi connectivity index (χ0) is 14.9. The number of aromatic nitrogens is 2. The average molecular weight is 355 g/mol. The molecule has 0 bridgehead atoms. The number of hydrogen-bond donors (Lipinski definition) is 1. The number of sulfonamides is 1. The minimum atomic E-state index is -3.82. The summed E-state index contributed by atoms with van der Waals surface area (Å²) in [4.78, 5) is -0.156. The van der Waals surface area contributed by atoms with E-state index < -0.39 is 10.0 Å². The normalized spacial score (nSPS) is 12.1. The Morgan fingerprint density at radius 3 is 2.35 bits per heavy atom. The third kappa shape index (κ3) is 3.10. The molecule has 0 saturated heterocycles. The predicted molar refractivity (Wildman–Crippen MR) is 78.7 cm³/mol. The van der Waals surface area contributed by atoms with E-state index in [1.807, 2.05) is 0 Å². The summed E-state index contributed by atoms with van der Waals surface area (Å²) in [7, 11) is -2.39. The number of benzene rings is 1. The fourth-order valence-electron chi connectivity index (χ4n) is 1.64. The van der Waals surface area contributed by atoms with Gasteiger partial charge < -0.3 is 0 Å². The first-order valence-electron chi connectivity index (χ1n) is 5.41. The Bertz CT molecular complexity index is 694. The van der Waals surface area contributed by atoms with Crippen molar-refractivity contribution in [1.82, 2.24) is 14.5 Å². The molecule has 0 aliphatic heterocycles. The van der Waals surface area contributed by atoms with E-state index in [2.05, 4.69) is 10.2 Å². The lowest BCUT2D eigenvalue weighted by molar-refractivity contribution is 0.467. The van der Waals surface area contributed by atoms with Crippen LogP contribution >= 0.6 is 34.8 Å². The molecule has 2 rings (SSSR count). The van der Waals surface area contributed by atoms with Crippen molar-refractivity contribution < 1.29 is 8.42 Å². The predicted octanol–water partition coefficient (Wildman–Crippen LogP) is 3.19. The van der Waals surface area contributed by atoms with E-state index in [1.165, 1.54) is 25.4 Å². The minimum Gasteiger partial charge on any atom is -0.285 e. The van der Waals surface area contributed by atoms with Gasteiger partial charge in [-0.15, -0.1) is 0 Å². The highest BCUT2D eigenvalue weighted by Gasteiger charge is 2.27. The molecule has 1 heterocycles. The van der Waals surface area contributed by atoms with Crippen LogP contribution in [-0.4, -0.2) is 30.0 Å². The van der Waals surface area contributed by atoms with E-state index in [-0.39, 0.29) is 26.5 Å². The molecule has 0 spiro atoms. The zero-order valence-corrected chi connectivity index (χ0v) is 13.4. The number of H-pyrrole nitrogens is 1. The van der Waals surface area contributed by atoms with Crippen molar-refractivity contribution >= 4 is 44.8 Å². The second-order valence-electron chi connectivity index (χ2n) is 4.07. The molecule has 0 atom stereocenters. The molecule has 1 aromatic carbocycles. The highest BCUT2D eigenvalue weighted by molar-refractivity contribution is 7.89. The summed E-state index contributed by atoms with van der Waals surface area (Å²) in [5.41, 5.74) is 0.720. The molecule has 0 radical (unpaired) electrons. The maximum atomic E-state index is 12.5. The summed E-state index contributed by atoms with van der Waals surface area (Å²) < 4.78 is 26.1. The number of nitrogens with zero attached hydrogens (tertiary/aromatic N) is 2. The quantitative estimate of drug-likeness (QED) is 0.917. The van der Waals surface area contributed by atoms with Gasteiger partial charge in [-0.25, -0.2) is 8.42 Å².